The Morgan fingerprint density at radius 3 is 1.12 bits per heavy atom. The Labute approximate surface area is 668 Å². The van der Waals surface area contributed by atoms with Crippen LogP contribution >= 0.6 is 34.1 Å². The van der Waals surface area contributed by atoms with Gasteiger partial charge in [-0.1, -0.05) is 322 Å². The topological polar surface area (TPSA) is 184 Å². The molecule has 12 rings (SSSR count). The lowest BCUT2D eigenvalue weighted by atomic mass is 9.76. The van der Waals surface area contributed by atoms with Crippen LogP contribution in [0, 0.1) is 0 Å². The zero-order valence-electron chi connectivity index (χ0n) is 69.2. The molecule has 0 aliphatic heterocycles. The van der Waals surface area contributed by atoms with E-state index in [0.717, 1.165) is 82.4 Å². The van der Waals surface area contributed by atoms with E-state index < -0.39 is 34.1 Å². The van der Waals surface area contributed by atoms with Crippen LogP contribution in [-0.2, 0) is 28.1 Å². The summed E-state index contributed by atoms with van der Waals surface area (Å²) < 4.78 is 13.0. The van der Waals surface area contributed by atoms with E-state index in [9.17, 15) is 39.1 Å². The summed E-state index contributed by atoms with van der Waals surface area (Å²) in [5, 5.41) is 4.68. The van der Waals surface area contributed by atoms with Crippen LogP contribution in [0.25, 0.3) is 32.7 Å². The zero-order chi connectivity index (χ0) is 81.2. The first-order valence-electron chi connectivity index (χ1n) is 39.4. The molecule has 0 amide bonds. The molecule has 0 bridgehead atoms. The van der Waals surface area contributed by atoms with E-state index in [1.807, 2.05) is 112 Å². The highest BCUT2D eigenvalue weighted by Crippen LogP contribution is 2.55. The number of hydrogen-bond acceptors (Lipinski definition) is 13. The molecule has 0 radical (unpaired) electrons. The molecule has 13 nitrogen and oxygen atoms in total. The maximum absolute atomic E-state index is 10.7. The van der Waals surface area contributed by atoms with Gasteiger partial charge in [0.15, 0.2) is 0 Å². The van der Waals surface area contributed by atoms with Gasteiger partial charge in [0.1, 0.15) is 5.75 Å². The van der Waals surface area contributed by atoms with Crippen molar-refractivity contribution >= 4 is 55.6 Å². The van der Waals surface area contributed by atoms with Gasteiger partial charge in [0.25, 0.3) is 34.1 Å². The maximum Gasteiger partial charge on any atom is 0.254 e. The highest BCUT2D eigenvalue weighted by Gasteiger charge is 2.41. The molecule has 10 aromatic rings. The fourth-order valence-corrected chi connectivity index (χ4v) is 19.4. The summed E-state index contributed by atoms with van der Waals surface area (Å²) >= 11 is 0. The van der Waals surface area contributed by atoms with E-state index in [2.05, 4.69) is 248 Å². The van der Waals surface area contributed by atoms with Gasteiger partial charge in [0.2, 0.25) is 0 Å². The number of benzene rings is 10. The van der Waals surface area contributed by atoms with Gasteiger partial charge in [-0.2, -0.15) is 0 Å². The average Bonchev–Trinajstić information content (AvgIpc) is 1.73. The Morgan fingerprint density at radius 2 is 0.730 bits per heavy atom. The second-order valence-electron chi connectivity index (χ2n) is 34.6. The predicted molar refractivity (Wildman–Crippen MR) is 469 cm³/mol. The van der Waals surface area contributed by atoms with Crippen molar-refractivity contribution < 1.29 is 43.9 Å². The molecule has 17 heteroatoms. The molecule has 1 saturated carbocycles. The molecular weight excluding hydrogens is 1450 g/mol. The molecule has 594 valence electrons. The third-order valence-electron chi connectivity index (χ3n) is 21.6. The normalized spacial score (nSPS) is 14.2. The smallest absolute Gasteiger partial charge is 0.254 e. The number of fused-ring (bicyclic) bond motifs is 5. The highest BCUT2D eigenvalue weighted by atomic mass is 31.2. The van der Waals surface area contributed by atoms with E-state index >= 15 is 0 Å². The van der Waals surface area contributed by atoms with Crippen LogP contribution in [0.2, 0.25) is 0 Å². The van der Waals surface area contributed by atoms with Crippen LogP contribution in [0.5, 0.6) is 5.75 Å². The van der Waals surface area contributed by atoms with Crippen molar-refractivity contribution in [3.8, 4) is 16.9 Å². The minimum atomic E-state index is -2.31. The van der Waals surface area contributed by atoms with Crippen LogP contribution in [0.4, 0.5) is 0 Å². The number of hydrogen-bond donors (Lipinski definition) is 8. The van der Waals surface area contributed by atoms with E-state index in [0.29, 0.717) is 0 Å². The van der Waals surface area contributed by atoms with Crippen LogP contribution < -0.4 is 4.74 Å². The monoisotopic (exact) mass is 1580 g/mol. The summed E-state index contributed by atoms with van der Waals surface area (Å²) in [6.45, 7) is 41.1. The van der Waals surface area contributed by atoms with Gasteiger partial charge in [-0.05, 0) is 188 Å². The van der Waals surface area contributed by atoms with Crippen LogP contribution in [0.3, 0.4) is 0 Å². The predicted octanol–water partition coefficient (Wildman–Crippen LogP) is 23.8. The molecule has 0 aromatic heterocycles. The van der Waals surface area contributed by atoms with Crippen molar-refractivity contribution in [2.24, 2.45) is 0 Å². The van der Waals surface area contributed by atoms with Gasteiger partial charge >= 0.3 is 0 Å². The molecule has 1 atom stereocenters. The standard InChI is InChI=1S/C32H52NO2P.C27H28NO2P.C19H26NO3P.C16H18NO2P/c1-21(2)33(36(34)35)28(22-15-24(29(3,4)5)19-25(16-22)30(6,7)8)23-17-26(31(9,10)11)20-27(18-23)32(12,13)14;29-31(30)28(22-14-2-1-3-15-22)27(25-18-8-12-20-10-4-6-16-23(20)25)26-19-9-13-21-11-5-7-17-24(21)26;1-5-15-10-6-7-11-16(15)19(20(14(2)3)24(21)22)17-12-8-9-13-18(17)23-4;1-11(2)17(20(18)19)16-14-9-5-3-7-12(14)13-8-4-6-10-15(13)16/h15-21,28,34-35H,1-14H3;4-13,16-19,22,27,29-30H,1-3,14-15H2;6-14,19,21-22H,5H2,1-4H3;3-11,16,18-19H,1-2H3. The van der Waals surface area contributed by atoms with Gasteiger partial charge in [-0.3, -0.25) is 0 Å². The molecule has 0 spiro atoms. The molecule has 1 fully saturated rings. The molecule has 2 aliphatic carbocycles. The third-order valence-corrected chi connectivity index (χ3v) is 25.9. The average molecular weight is 1580 g/mol. The number of ether oxygens (including phenoxy) is 1. The zero-order valence-corrected chi connectivity index (χ0v) is 72.8. The van der Waals surface area contributed by atoms with Crippen molar-refractivity contribution in [3.63, 3.8) is 0 Å². The van der Waals surface area contributed by atoms with Crippen LogP contribution in [0.1, 0.15) is 260 Å². The van der Waals surface area contributed by atoms with Gasteiger partial charge in [-0.25, -0.2) is 18.7 Å². The Hall–Kier alpha value is -6.24. The summed E-state index contributed by atoms with van der Waals surface area (Å²) in [6, 6.07) is 75.0. The second kappa shape index (κ2) is 38.5. The number of aryl methyl sites for hydroxylation is 1. The molecule has 0 saturated heterocycles. The summed E-state index contributed by atoms with van der Waals surface area (Å²) in [5.41, 5.74) is 17.3. The summed E-state index contributed by atoms with van der Waals surface area (Å²) in [7, 11) is -7.29. The molecule has 0 heterocycles. The lowest BCUT2D eigenvalue weighted by Crippen LogP contribution is -2.36. The fourth-order valence-electron chi connectivity index (χ4n) is 15.8. The van der Waals surface area contributed by atoms with E-state index in [1.54, 1.807) is 16.5 Å². The quantitative estimate of drug-likeness (QED) is 0.0338. The van der Waals surface area contributed by atoms with Crippen LogP contribution in [-0.4, -0.2) is 89.1 Å². The minimum Gasteiger partial charge on any atom is -0.496 e. The summed E-state index contributed by atoms with van der Waals surface area (Å²) in [5.74, 6) is 0.746. The Balaban J connectivity index is 0.000000174. The number of rotatable bonds is 20. The van der Waals surface area contributed by atoms with Crippen molar-refractivity contribution in [2.45, 2.75) is 240 Å². The first kappa shape index (κ1) is 88.7. The largest absolute Gasteiger partial charge is 0.496 e. The third kappa shape index (κ3) is 21.5. The summed E-state index contributed by atoms with van der Waals surface area (Å²) in [4.78, 5) is 82.9. The maximum atomic E-state index is 10.7. The Kier molecular flexibility index (Phi) is 30.7. The van der Waals surface area contributed by atoms with Crippen molar-refractivity contribution in [3.05, 3.63) is 291 Å². The van der Waals surface area contributed by atoms with Gasteiger partial charge in [-0.15, -0.1) is 0 Å². The second-order valence-corrected chi connectivity index (χ2v) is 38.6. The van der Waals surface area contributed by atoms with Crippen molar-refractivity contribution in [1.29, 1.82) is 0 Å². The molecule has 10 aromatic carbocycles. The SMILES string of the molecule is CC(C)N(C(c1cc(C(C)(C)C)cc(C(C)(C)C)c1)c1cc(C(C)(C)C)cc(C(C)(C)C)c1)P(O)O.CC(C)N(C1c2ccccc2-c2ccccc21)P(O)O.CCc1ccccc1C(c1ccccc1OC)N(C(C)C)P(O)O.OP(O)N(C1CCCCC1)C(c1cccc2ccccc12)c1cccc2ccccc12. The lowest BCUT2D eigenvalue weighted by molar-refractivity contribution is 0.197. The van der Waals surface area contributed by atoms with E-state index in [1.165, 1.54) is 66.9 Å². The van der Waals surface area contributed by atoms with Crippen molar-refractivity contribution in [2.75, 3.05) is 7.11 Å². The molecular formula is C94H124N4O9P4. The van der Waals surface area contributed by atoms with Gasteiger partial charge in [0.05, 0.1) is 31.3 Å². The number of para-hydroxylation sites is 1. The van der Waals surface area contributed by atoms with Gasteiger partial charge in [0, 0.05) is 29.7 Å². The molecule has 111 heavy (non-hydrogen) atoms. The number of methoxy groups -OCH3 is 1. The Bertz CT molecular complexity index is 4320. The van der Waals surface area contributed by atoms with E-state index in [4.69, 9.17) is 4.74 Å². The van der Waals surface area contributed by atoms with Crippen molar-refractivity contribution in [1.82, 2.24) is 18.7 Å². The van der Waals surface area contributed by atoms with Crippen LogP contribution in [0.15, 0.2) is 218 Å². The fraction of sp³-hybridized carbons (Fsp3) is 0.404. The molecule has 2 aliphatic rings. The van der Waals surface area contributed by atoms with E-state index in [-0.39, 0.29) is 70.0 Å². The molecule has 8 N–H and O–H groups in total. The summed E-state index contributed by atoms with van der Waals surface area (Å²) in [6.07, 6.45) is 6.40. The first-order chi connectivity index (χ1) is 52.4. The molecule has 1 unspecified atom stereocenters. The van der Waals surface area contributed by atoms with Gasteiger partial charge < -0.3 is 43.9 Å². The lowest BCUT2D eigenvalue weighted by Gasteiger charge is -2.41. The Morgan fingerprint density at radius 1 is 0.369 bits per heavy atom. The highest BCUT2D eigenvalue weighted by molar-refractivity contribution is 7.43. The number of nitrogens with zero attached hydrogens (tertiary/aromatic N) is 4. The minimum absolute atomic E-state index is 0.0315. The first-order valence-corrected chi connectivity index (χ1v) is 44.2.